The fourth-order valence-corrected chi connectivity index (χ4v) is 2.63. The Balaban J connectivity index is 2.06. The third kappa shape index (κ3) is 3.82. The van der Waals surface area contributed by atoms with Crippen LogP contribution in [0.5, 0.6) is 0 Å². The second-order valence-electron chi connectivity index (χ2n) is 5.63. The Bertz CT molecular complexity index is 434. The summed E-state index contributed by atoms with van der Waals surface area (Å²) in [6.07, 6.45) is 3.19. The van der Waals surface area contributed by atoms with Crippen molar-refractivity contribution in [2.75, 3.05) is 30.8 Å². The average Bonchev–Trinajstić information content (AvgIpc) is 2.43. The number of likely N-dealkylation sites (tertiary alicyclic amines) is 1. The van der Waals surface area contributed by atoms with Gasteiger partial charge in [-0.2, -0.15) is 0 Å². The van der Waals surface area contributed by atoms with Gasteiger partial charge in [-0.25, -0.2) is 9.97 Å². The predicted octanol–water partition coefficient (Wildman–Crippen LogP) is 2.37. The summed E-state index contributed by atoms with van der Waals surface area (Å²) in [5.41, 5.74) is 0. The Kier molecular flexibility index (Phi) is 5.17. The summed E-state index contributed by atoms with van der Waals surface area (Å²) in [6, 6.07) is 3.16. The molecule has 5 nitrogen and oxygen atoms in total. The topological polar surface area (TPSA) is 53.1 Å². The fourth-order valence-electron chi connectivity index (χ4n) is 2.63. The van der Waals surface area contributed by atoms with Crippen LogP contribution in [-0.2, 0) is 6.42 Å². The number of hydrogen-bond donors (Lipinski definition) is 2. The second kappa shape index (κ2) is 6.88. The lowest BCUT2D eigenvalue weighted by Crippen LogP contribution is -2.42. The molecule has 1 aliphatic rings. The van der Waals surface area contributed by atoms with Crippen molar-refractivity contribution >= 4 is 11.6 Å². The van der Waals surface area contributed by atoms with E-state index in [0.29, 0.717) is 12.1 Å². The highest BCUT2D eigenvalue weighted by molar-refractivity contribution is 5.48. The molecule has 1 aromatic rings. The lowest BCUT2D eigenvalue weighted by Gasteiger charge is -2.35. The van der Waals surface area contributed by atoms with Crippen LogP contribution in [0, 0.1) is 0 Å². The molecule has 2 atom stereocenters. The molecule has 1 saturated heterocycles. The molecule has 1 aliphatic heterocycles. The molecule has 0 aliphatic carbocycles. The summed E-state index contributed by atoms with van der Waals surface area (Å²) in [4.78, 5) is 11.5. The fraction of sp³-hybridized carbons (Fsp3) is 0.733. The number of rotatable bonds is 5. The van der Waals surface area contributed by atoms with Gasteiger partial charge in [-0.3, -0.25) is 0 Å². The Morgan fingerprint density at radius 2 is 2.05 bits per heavy atom. The van der Waals surface area contributed by atoms with Crippen molar-refractivity contribution in [1.82, 2.24) is 14.9 Å². The van der Waals surface area contributed by atoms with Crippen molar-refractivity contribution in [2.45, 2.75) is 52.1 Å². The maximum atomic E-state index is 4.60. The number of aromatic nitrogens is 2. The number of nitrogens with zero attached hydrogens (tertiary/aromatic N) is 3. The van der Waals surface area contributed by atoms with Crippen LogP contribution in [0.1, 0.15) is 39.4 Å². The van der Waals surface area contributed by atoms with Crippen LogP contribution in [0.2, 0.25) is 0 Å². The molecule has 1 fully saturated rings. The molecule has 1 aromatic heterocycles. The SMILES string of the molecule is CCNc1cc(NC2CCN(C)C(C)C2)nc(CC)n1. The Hall–Kier alpha value is -1.36. The van der Waals surface area contributed by atoms with Gasteiger partial charge in [0.1, 0.15) is 17.5 Å². The summed E-state index contributed by atoms with van der Waals surface area (Å²) in [5.74, 6) is 2.77. The van der Waals surface area contributed by atoms with E-state index < -0.39 is 0 Å². The van der Waals surface area contributed by atoms with Gasteiger partial charge in [-0.05, 0) is 33.7 Å². The van der Waals surface area contributed by atoms with Gasteiger partial charge in [0.2, 0.25) is 0 Å². The van der Waals surface area contributed by atoms with E-state index in [4.69, 9.17) is 0 Å². The number of piperidine rings is 1. The van der Waals surface area contributed by atoms with E-state index in [1.807, 2.05) is 6.07 Å². The first-order chi connectivity index (χ1) is 9.62. The summed E-state index contributed by atoms with van der Waals surface area (Å²) >= 11 is 0. The first-order valence-corrected chi connectivity index (χ1v) is 7.71. The highest BCUT2D eigenvalue weighted by Crippen LogP contribution is 2.20. The molecule has 0 radical (unpaired) electrons. The van der Waals surface area contributed by atoms with Crippen molar-refractivity contribution in [3.63, 3.8) is 0 Å². The zero-order valence-electron chi connectivity index (χ0n) is 13.1. The van der Waals surface area contributed by atoms with Crippen molar-refractivity contribution in [3.8, 4) is 0 Å². The maximum absolute atomic E-state index is 4.60. The van der Waals surface area contributed by atoms with Crippen LogP contribution >= 0.6 is 0 Å². The Morgan fingerprint density at radius 3 is 2.70 bits per heavy atom. The molecule has 2 heterocycles. The summed E-state index contributed by atoms with van der Waals surface area (Å²) in [7, 11) is 2.20. The van der Waals surface area contributed by atoms with E-state index in [1.165, 1.54) is 12.8 Å². The largest absolute Gasteiger partial charge is 0.370 e. The van der Waals surface area contributed by atoms with Gasteiger partial charge in [-0.15, -0.1) is 0 Å². The molecule has 2 unspecified atom stereocenters. The summed E-state index contributed by atoms with van der Waals surface area (Å²) in [5, 5.41) is 6.86. The van der Waals surface area contributed by atoms with Gasteiger partial charge in [0.15, 0.2) is 0 Å². The minimum absolute atomic E-state index is 0.510. The van der Waals surface area contributed by atoms with Crippen LogP contribution in [0.4, 0.5) is 11.6 Å². The molecule has 2 rings (SSSR count). The van der Waals surface area contributed by atoms with Crippen molar-refractivity contribution in [3.05, 3.63) is 11.9 Å². The molecule has 0 amide bonds. The van der Waals surface area contributed by atoms with Gasteiger partial charge in [-0.1, -0.05) is 6.92 Å². The standard InChI is InChI=1S/C15H27N5/c1-5-13-18-14(16-6-2)10-15(19-13)17-12-7-8-20(4)11(3)9-12/h10-12H,5-9H2,1-4H3,(H2,16,17,18,19). The third-order valence-electron chi connectivity index (χ3n) is 4.01. The van der Waals surface area contributed by atoms with E-state index in [9.17, 15) is 0 Å². The minimum atomic E-state index is 0.510. The molecule has 20 heavy (non-hydrogen) atoms. The Labute approximate surface area is 122 Å². The van der Waals surface area contributed by atoms with E-state index in [1.54, 1.807) is 0 Å². The highest BCUT2D eigenvalue weighted by atomic mass is 15.2. The van der Waals surface area contributed by atoms with Crippen molar-refractivity contribution in [1.29, 1.82) is 0 Å². The first kappa shape index (κ1) is 15.0. The van der Waals surface area contributed by atoms with E-state index in [0.717, 1.165) is 37.0 Å². The molecule has 5 heteroatoms. The maximum Gasteiger partial charge on any atom is 0.132 e. The quantitative estimate of drug-likeness (QED) is 0.865. The predicted molar refractivity (Wildman–Crippen MR) is 84.3 cm³/mol. The summed E-state index contributed by atoms with van der Waals surface area (Å²) in [6.45, 7) is 8.48. The normalized spacial score (nSPS) is 23.6. The molecular weight excluding hydrogens is 250 g/mol. The van der Waals surface area contributed by atoms with Crippen LogP contribution in [0.3, 0.4) is 0 Å². The third-order valence-corrected chi connectivity index (χ3v) is 4.01. The lowest BCUT2D eigenvalue weighted by molar-refractivity contribution is 0.190. The van der Waals surface area contributed by atoms with Gasteiger partial charge < -0.3 is 15.5 Å². The number of nitrogens with one attached hydrogen (secondary N) is 2. The molecule has 0 spiro atoms. The van der Waals surface area contributed by atoms with Crippen LogP contribution in [0.25, 0.3) is 0 Å². The second-order valence-corrected chi connectivity index (χ2v) is 5.63. The smallest absolute Gasteiger partial charge is 0.132 e. The summed E-state index contributed by atoms with van der Waals surface area (Å²) < 4.78 is 0. The van der Waals surface area contributed by atoms with E-state index in [2.05, 4.69) is 53.3 Å². The van der Waals surface area contributed by atoms with E-state index >= 15 is 0 Å². The average molecular weight is 277 g/mol. The van der Waals surface area contributed by atoms with Crippen molar-refractivity contribution < 1.29 is 0 Å². The van der Waals surface area contributed by atoms with Crippen LogP contribution in [-0.4, -0.2) is 47.1 Å². The van der Waals surface area contributed by atoms with E-state index in [-0.39, 0.29) is 0 Å². The van der Waals surface area contributed by atoms with Gasteiger partial charge in [0.25, 0.3) is 0 Å². The molecule has 0 saturated carbocycles. The van der Waals surface area contributed by atoms with Gasteiger partial charge in [0, 0.05) is 37.7 Å². The zero-order chi connectivity index (χ0) is 14.5. The first-order valence-electron chi connectivity index (χ1n) is 7.71. The zero-order valence-corrected chi connectivity index (χ0v) is 13.1. The minimum Gasteiger partial charge on any atom is -0.370 e. The monoisotopic (exact) mass is 277 g/mol. The molecule has 0 bridgehead atoms. The number of anilines is 2. The Morgan fingerprint density at radius 1 is 1.30 bits per heavy atom. The number of aryl methyl sites for hydroxylation is 1. The molecule has 2 N–H and O–H groups in total. The van der Waals surface area contributed by atoms with Crippen LogP contribution in [0.15, 0.2) is 6.07 Å². The molecule has 0 aromatic carbocycles. The molecule has 112 valence electrons. The van der Waals surface area contributed by atoms with Crippen LogP contribution < -0.4 is 10.6 Å². The highest BCUT2D eigenvalue weighted by Gasteiger charge is 2.23. The lowest BCUT2D eigenvalue weighted by atomic mass is 9.99. The molecular formula is C15H27N5. The van der Waals surface area contributed by atoms with Gasteiger partial charge in [0.05, 0.1) is 0 Å². The van der Waals surface area contributed by atoms with Gasteiger partial charge >= 0.3 is 0 Å². The van der Waals surface area contributed by atoms with Crippen molar-refractivity contribution in [2.24, 2.45) is 0 Å². The number of hydrogen-bond acceptors (Lipinski definition) is 5.